The number of hydrogen-bond donors (Lipinski definition) is 1. The van der Waals surface area contributed by atoms with Gasteiger partial charge in [0.05, 0.1) is 11.8 Å². The molecule has 1 aliphatic rings. The number of halogens is 4. The first kappa shape index (κ1) is 17.1. The molecule has 1 N–H and O–H groups in total. The van der Waals surface area contributed by atoms with Crippen LogP contribution < -0.4 is 0 Å². The highest BCUT2D eigenvalue weighted by atomic mass is 35.5. The minimum absolute atomic E-state index is 0.117. The fraction of sp³-hybridized carbons (Fsp3) is 0.533. The molecule has 1 aromatic carbocycles. The number of benzene rings is 1. The molecule has 1 fully saturated rings. The highest BCUT2D eigenvalue weighted by Gasteiger charge is 2.52. The van der Waals surface area contributed by atoms with Crippen molar-refractivity contribution in [3.05, 3.63) is 34.3 Å². The summed E-state index contributed by atoms with van der Waals surface area (Å²) in [5.41, 5.74) is 1.74. The molecule has 1 saturated heterocycles. The number of carboxylic acid groups (broad SMARTS) is 1. The van der Waals surface area contributed by atoms with Crippen molar-refractivity contribution in [1.82, 2.24) is 4.90 Å². The van der Waals surface area contributed by atoms with Crippen LogP contribution in [-0.4, -0.2) is 35.2 Å². The average Bonchev–Trinajstić information content (AvgIpc) is 2.85. The van der Waals surface area contributed by atoms with Crippen LogP contribution in [0.15, 0.2) is 18.2 Å². The van der Waals surface area contributed by atoms with Gasteiger partial charge in [0, 0.05) is 24.7 Å². The van der Waals surface area contributed by atoms with E-state index in [1.807, 2.05) is 13.0 Å². The van der Waals surface area contributed by atoms with Crippen LogP contribution in [0.1, 0.15) is 18.1 Å². The molecule has 0 unspecified atom stereocenters. The van der Waals surface area contributed by atoms with Crippen LogP contribution >= 0.6 is 11.6 Å². The van der Waals surface area contributed by atoms with Gasteiger partial charge in [0.15, 0.2) is 0 Å². The Labute approximate surface area is 131 Å². The minimum Gasteiger partial charge on any atom is -0.481 e. The molecule has 2 rings (SSSR count). The molecule has 1 heterocycles. The van der Waals surface area contributed by atoms with E-state index in [-0.39, 0.29) is 19.6 Å². The Morgan fingerprint density at radius 2 is 2.09 bits per heavy atom. The Bertz CT molecular complexity index is 562. The first-order chi connectivity index (χ1) is 10.2. The van der Waals surface area contributed by atoms with E-state index in [9.17, 15) is 18.0 Å². The molecule has 0 saturated carbocycles. The molecule has 0 spiro atoms. The number of aliphatic carboxylic acids is 1. The molecule has 0 amide bonds. The third kappa shape index (κ3) is 3.55. The molecule has 0 aliphatic carbocycles. The second-order valence-electron chi connectivity index (χ2n) is 5.52. The molecule has 3 nitrogen and oxygen atoms in total. The third-order valence-electron chi connectivity index (χ3n) is 4.11. The van der Waals surface area contributed by atoms with Gasteiger partial charge in [-0.3, -0.25) is 9.69 Å². The Morgan fingerprint density at radius 3 is 2.59 bits per heavy atom. The second kappa shape index (κ2) is 6.46. The maximum absolute atomic E-state index is 13.0. The Hall–Kier alpha value is -1.27. The summed E-state index contributed by atoms with van der Waals surface area (Å²) in [4.78, 5) is 12.6. The van der Waals surface area contributed by atoms with Crippen LogP contribution in [0.4, 0.5) is 13.2 Å². The molecule has 22 heavy (non-hydrogen) atoms. The monoisotopic (exact) mass is 335 g/mol. The largest absolute Gasteiger partial charge is 0.481 e. The normalized spacial score (nSPS) is 23.0. The zero-order valence-electron chi connectivity index (χ0n) is 12.0. The number of rotatable bonds is 4. The third-order valence-corrected chi connectivity index (χ3v) is 4.47. The number of carboxylic acids is 1. The number of aryl methyl sites for hydroxylation is 1. The predicted octanol–water partition coefficient (Wildman–Crippen LogP) is 3.60. The van der Waals surface area contributed by atoms with Crippen molar-refractivity contribution in [3.63, 3.8) is 0 Å². The van der Waals surface area contributed by atoms with Crippen LogP contribution in [0.5, 0.6) is 0 Å². The minimum atomic E-state index is -4.51. The molecule has 1 aromatic rings. The lowest BCUT2D eigenvalue weighted by molar-refractivity contribution is -0.188. The topological polar surface area (TPSA) is 40.5 Å². The van der Waals surface area contributed by atoms with Crippen LogP contribution in [0.2, 0.25) is 5.02 Å². The number of likely N-dealkylation sites (tertiary alicyclic amines) is 1. The van der Waals surface area contributed by atoms with E-state index >= 15 is 0 Å². The van der Waals surface area contributed by atoms with E-state index in [0.29, 0.717) is 5.02 Å². The molecular weight excluding hydrogens is 319 g/mol. The van der Waals surface area contributed by atoms with Crippen LogP contribution in [0.25, 0.3) is 0 Å². The van der Waals surface area contributed by atoms with Gasteiger partial charge in [0.25, 0.3) is 0 Å². The van der Waals surface area contributed by atoms with E-state index in [4.69, 9.17) is 16.7 Å². The van der Waals surface area contributed by atoms with E-state index in [1.165, 1.54) is 4.90 Å². The van der Waals surface area contributed by atoms with Crippen LogP contribution in [-0.2, 0) is 17.8 Å². The SMILES string of the molecule is CCc1cccc(Cl)c1CN1C[C@@H](C(F)(F)F)[C@H](C(=O)O)C1. The Morgan fingerprint density at radius 1 is 1.41 bits per heavy atom. The van der Waals surface area contributed by atoms with E-state index in [0.717, 1.165) is 17.5 Å². The number of carbonyl (C=O) groups is 1. The van der Waals surface area contributed by atoms with E-state index < -0.39 is 24.0 Å². The lowest BCUT2D eigenvalue weighted by atomic mass is 9.96. The van der Waals surface area contributed by atoms with E-state index in [2.05, 4.69) is 0 Å². The lowest BCUT2D eigenvalue weighted by Gasteiger charge is -2.20. The summed E-state index contributed by atoms with van der Waals surface area (Å²) in [5, 5.41) is 9.54. The molecule has 122 valence electrons. The van der Waals surface area contributed by atoms with Crippen molar-refractivity contribution < 1.29 is 23.1 Å². The quantitative estimate of drug-likeness (QED) is 0.914. The smallest absolute Gasteiger partial charge is 0.393 e. The maximum atomic E-state index is 13.0. The van der Waals surface area contributed by atoms with Gasteiger partial charge < -0.3 is 5.11 Å². The Kier molecular flexibility index (Phi) is 5.02. The number of hydrogen-bond acceptors (Lipinski definition) is 2. The van der Waals surface area contributed by atoms with Crippen molar-refractivity contribution in [2.75, 3.05) is 13.1 Å². The number of nitrogens with zero attached hydrogens (tertiary/aromatic N) is 1. The van der Waals surface area contributed by atoms with Crippen molar-refractivity contribution in [2.24, 2.45) is 11.8 Å². The summed E-state index contributed by atoms with van der Waals surface area (Å²) in [6, 6.07) is 5.38. The zero-order chi connectivity index (χ0) is 16.5. The average molecular weight is 336 g/mol. The lowest BCUT2D eigenvalue weighted by Crippen LogP contribution is -2.33. The van der Waals surface area contributed by atoms with E-state index in [1.54, 1.807) is 12.1 Å². The number of alkyl halides is 3. The summed E-state index contributed by atoms with van der Waals surface area (Å²) in [6.07, 6.45) is -3.79. The first-order valence-corrected chi connectivity index (χ1v) is 7.40. The van der Waals surface area contributed by atoms with Gasteiger partial charge in [-0.1, -0.05) is 30.7 Å². The van der Waals surface area contributed by atoms with Crippen LogP contribution in [0.3, 0.4) is 0 Å². The van der Waals surface area contributed by atoms with Gasteiger partial charge in [0.1, 0.15) is 0 Å². The standard InChI is InChI=1S/C15H17ClF3NO2/c1-2-9-4-3-5-13(16)10(9)6-20-7-11(14(21)22)12(8-20)15(17,18)19/h3-5,11-12H,2,6-8H2,1H3,(H,21,22)/t11-,12-/m1/s1. The van der Waals surface area contributed by atoms with Gasteiger partial charge in [0.2, 0.25) is 0 Å². The van der Waals surface area contributed by atoms with Crippen LogP contribution in [0, 0.1) is 11.8 Å². The zero-order valence-corrected chi connectivity index (χ0v) is 12.8. The molecule has 0 aromatic heterocycles. The predicted molar refractivity (Wildman–Crippen MR) is 76.8 cm³/mol. The summed E-state index contributed by atoms with van der Waals surface area (Å²) < 4.78 is 39.0. The van der Waals surface area contributed by atoms with Crippen molar-refractivity contribution in [3.8, 4) is 0 Å². The van der Waals surface area contributed by atoms with Gasteiger partial charge in [-0.05, 0) is 23.6 Å². The molecule has 1 aliphatic heterocycles. The van der Waals surface area contributed by atoms with Gasteiger partial charge in [-0.15, -0.1) is 0 Å². The van der Waals surface area contributed by atoms with Crippen molar-refractivity contribution >= 4 is 17.6 Å². The highest BCUT2D eigenvalue weighted by Crippen LogP contribution is 2.38. The van der Waals surface area contributed by atoms with Gasteiger partial charge in [-0.25, -0.2) is 0 Å². The second-order valence-corrected chi connectivity index (χ2v) is 5.93. The summed E-state index contributed by atoms with van der Waals surface area (Å²) in [6.45, 7) is 1.75. The fourth-order valence-corrected chi connectivity index (χ4v) is 3.19. The molecule has 0 bridgehead atoms. The summed E-state index contributed by atoms with van der Waals surface area (Å²) in [5.74, 6) is -4.66. The Balaban J connectivity index is 2.21. The molecule has 0 radical (unpaired) electrons. The van der Waals surface area contributed by atoms with Crippen molar-refractivity contribution in [1.29, 1.82) is 0 Å². The fourth-order valence-electron chi connectivity index (χ4n) is 2.93. The van der Waals surface area contributed by atoms with Gasteiger partial charge >= 0.3 is 12.1 Å². The van der Waals surface area contributed by atoms with Crippen molar-refractivity contribution in [2.45, 2.75) is 26.1 Å². The maximum Gasteiger partial charge on any atom is 0.393 e. The first-order valence-electron chi connectivity index (χ1n) is 7.02. The highest BCUT2D eigenvalue weighted by molar-refractivity contribution is 6.31. The van der Waals surface area contributed by atoms with Gasteiger partial charge in [-0.2, -0.15) is 13.2 Å². The molecular formula is C15H17ClF3NO2. The summed E-state index contributed by atoms with van der Waals surface area (Å²) >= 11 is 6.15. The summed E-state index contributed by atoms with van der Waals surface area (Å²) in [7, 11) is 0. The molecule has 2 atom stereocenters. The molecule has 7 heteroatoms.